The molecule has 4 nitrogen and oxygen atoms in total. The number of rotatable bonds is 10. The highest BCUT2D eigenvalue weighted by atomic mass is 35.5. The second-order valence-electron chi connectivity index (χ2n) is 11.0. The molecule has 3 aromatic carbocycles. The molecule has 0 aromatic heterocycles. The summed E-state index contributed by atoms with van der Waals surface area (Å²) in [6, 6.07) is 25.1. The van der Waals surface area contributed by atoms with Crippen LogP contribution in [0.15, 0.2) is 78.9 Å². The normalized spacial score (nSPS) is 12.3. The van der Waals surface area contributed by atoms with Gasteiger partial charge in [-0.3, -0.25) is 9.59 Å². The van der Waals surface area contributed by atoms with E-state index in [1.165, 1.54) is 5.56 Å². The lowest BCUT2D eigenvalue weighted by Gasteiger charge is -2.34. The van der Waals surface area contributed by atoms with Crippen molar-refractivity contribution < 1.29 is 9.59 Å². The molecule has 0 aliphatic rings. The van der Waals surface area contributed by atoms with E-state index in [1.54, 1.807) is 4.90 Å². The van der Waals surface area contributed by atoms with E-state index in [2.05, 4.69) is 43.4 Å². The molecule has 2 amide bonds. The van der Waals surface area contributed by atoms with E-state index < -0.39 is 11.6 Å². The molecule has 1 N–H and O–H groups in total. The zero-order chi connectivity index (χ0) is 27.0. The summed E-state index contributed by atoms with van der Waals surface area (Å²) in [6.45, 7) is 10.5. The molecule has 0 saturated carbocycles. The van der Waals surface area contributed by atoms with Crippen LogP contribution in [0.25, 0.3) is 0 Å². The summed E-state index contributed by atoms with van der Waals surface area (Å²) in [7, 11) is 0. The standard InChI is InChI=1S/C32H39ClN2O2/c1-23(2)27-17-14-24(15-18-27)16-19-30(36)35(22-26-12-9-13-28(33)20-26)29(31(37)34-32(3,4)5)21-25-10-7-6-8-11-25/h6-15,17-18,20,23,29H,16,19,21-22H2,1-5H3,(H,34,37)/t29-/m1/s1. The van der Waals surface area contributed by atoms with Crippen molar-refractivity contribution in [1.82, 2.24) is 10.2 Å². The Morgan fingerprint density at radius 2 is 1.51 bits per heavy atom. The minimum Gasteiger partial charge on any atom is -0.350 e. The average Bonchev–Trinajstić information content (AvgIpc) is 2.84. The fourth-order valence-electron chi connectivity index (χ4n) is 4.30. The van der Waals surface area contributed by atoms with Crippen LogP contribution in [-0.4, -0.2) is 28.3 Å². The van der Waals surface area contributed by atoms with E-state index in [0.717, 1.165) is 16.7 Å². The van der Waals surface area contributed by atoms with Crippen LogP contribution in [0.3, 0.4) is 0 Å². The van der Waals surface area contributed by atoms with Crippen LogP contribution in [0.4, 0.5) is 0 Å². The van der Waals surface area contributed by atoms with E-state index in [1.807, 2.05) is 75.4 Å². The first-order valence-electron chi connectivity index (χ1n) is 13.0. The van der Waals surface area contributed by atoms with Gasteiger partial charge in [0.1, 0.15) is 6.04 Å². The van der Waals surface area contributed by atoms with Gasteiger partial charge < -0.3 is 10.2 Å². The second-order valence-corrected chi connectivity index (χ2v) is 11.4. The molecule has 0 unspecified atom stereocenters. The molecule has 3 aromatic rings. The average molecular weight is 519 g/mol. The molecule has 0 bridgehead atoms. The van der Waals surface area contributed by atoms with E-state index >= 15 is 0 Å². The number of carbonyl (C=O) groups is 2. The van der Waals surface area contributed by atoms with Crippen molar-refractivity contribution in [2.45, 2.75) is 77.9 Å². The van der Waals surface area contributed by atoms with Gasteiger partial charge in [-0.05, 0) is 67.5 Å². The largest absolute Gasteiger partial charge is 0.350 e. The van der Waals surface area contributed by atoms with E-state index in [9.17, 15) is 9.59 Å². The Labute approximate surface area is 227 Å². The lowest BCUT2D eigenvalue weighted by atomic mass is 9.98. The van der Waals surface area contributed by atoms with Gasteiger partial charge in [0.05, 0.1) is 0 Å². The van der Waals surface area contributed by atoms with E-state index in [4.69, 9.17) is 11.6 Å². The van der Waals surface area contributed by atoms with E-state index in [-0.39, 0.29) is 11.8 Å². The van der Waals surface area contributed by atoms with Gasteiger partial charge in [0.2, 0.25) is 11.8 Å². The van der Waals surface area contributed by atoms with Crippen molar-refractivity contribution in [2.24, 2.45) is 0 Å². The maximum absolute atomic E-state index is 13.8. The monoisotopic (exact) mass is 518 g/mol. The molecule has 0 heterocycles. The van der Waals surface area contributed by atoms with Crippen LogP contribution in [0.5, 0.6) is 0 Å². The van der Waals surface area contributed by atoms with Crippen molar-refractivity contribution in [3.8, 4) is 0 Å². The first-order chi connectivity index (χ1) is 17.5. The van der Waals surface area contributed by atoms with Gasteiger partial charge in [0.15, 0.2) is 0 Å². The van der Waals surface area contributed by atoms with Crippen LogP contribution in [0, 0.1) is 0 Å². The van der Waals surface area contributed by atoms with Gasteiger partial charge in [0, 0.05) is 29.9 Å². The predicted molar refractivity (Wildman–Crippen MR) is 153 cm³/mol. The summed E-state index contributed by atoms with van der Waals surface area (Å²) in [5.41, 5.74) is 3.86. The summed E-state index contributed by atoms with van der Waals surface area (Å²) in [6.07, 6.45) is 1.36. The third-order valence-corrected chi connectivity index (χ3v) is 6.52. The maximum atomic E-state index is 13.8. The van der Waals surface area contributed by atoms with Crippen molar-refractivity contribution in [3.63, 3.8) is 0 Å². The number of benzene rings is 3. The highest BCUT2D eigenvalue weighted by Gasteiger charge is 2.32. The maximum Gasteiger partial charge on any atom is 0.243 e. The summed E-state index contributed by atoms with van der Waals surface area (Å²) in [5.74, 6) is 0.245. The second kappa shape index (κ2) is 12.9. The molecular weight excluding hydrogens is 480 g/mol. The predicted octanol–water partition coefficient (Wildman–Crippen LogP) is 6.95. The van der Waals surface area contributed by atoms with Crippen LogP contribution in [0.2, 0.25) is 5.02 Å². The fraction of sp³-hybridized carbons (Fsp3) is 0.375. The van der Waals surface area contributed by atoms with Gasteiger partial charge >= 0.3 is 0 Å². The van der Waals surface area contributed by atoms with Crippen LogP contribution in [-0.2, 0) is 29.0 Å². The van der Waals surface area contributed by atoms with Crippen LogP contribution in [0.1, 0.15) is 69.2 Å². The van der Waals surface area contributed by atoms with E-state index in [0.29, 0.717) is 36.7 Å². The summed E-state index contributed by atoms with van der Waals surface area (Å²) < 4.78 is 0. The molecule has 37 heavy (non-hydrogen) atoms. The number of aryl methyl sites for hydroxylation is 1. The van der Waals surface area contributed by atoms with Crippen LogP contribution < -0.4 is 5.32 Å². The Morgan fingerprint density at radius 3 is 2.11 bits per heavy atom. The van der Waals surface area contributed by atoms with Gasteiger partial charge in [-0.25, -0.2) is 0 Å². The van der Waals surface area contributed by atoms with Crippen molar-refractivity contribution >= 4 is 23.4 Å². The highest BCUT2D eigenvalue weighted by molar-refractivity contribution is 6.30. The Kier molecular flexibility index (Phi) is 9.93. The number of amides is 2. The molecule has 3 rings (SSSR count). The van der Waals surface area contributed by atoms with Gasteiger partial charge in [0.25, 0.3) is 0 Å². The zero-order valence-corrected chi connectivity index (χ0v) is 23.4. The summed E-state index contributed by atoms with van der Waals surface area (Å²) >= 11 is 6.26. The first-order valence-corrected chi connectivity index (χ1v) is 13.4. The van der Waals surface area contributed by atoms with Crippen LogP contribution >= 0.6 is 11.6 Å². The number of nitrogens with zero attached hydrogens (tertiary/aromatic N) is 1. The van der Waals surface area contributed by atoms with Gasteiger partial charge in [-0.2, -0.15) is 0 Å². The Hall–Kier alpha value is -3.11. The Balaban J connectivity index is 1.90. The first kappa shape index (κ1) is 28.5. The molecule has 0 spiro atoms. The third-order valence-electron chi connectivity index (χ3n) is 6.29. The molecule has 0 aliphatic carbocycles. The number of hydrogen-bond acceptors (Lipinski definition) is 2. The smallest absolute Gasteiger partial charge is 0.243 e. The molecule has 0 fully saturated rings. The quantitative estimate of drug-likeness (QED) is 0.315. The highest BCUT2D eigenvalue weighted by Crippen LogP contribution is 2.20. The minimum absolute atomic E-state index is 0.0575. The van der Waals surface area contributed by atoms with Crippen molar-refractivity contribution in [1.29, 1.82) is 0 Å². The lowest BCUT2D eigenvalue weighted by Crippen LogP contribution is -2.54. The lowest BCUT2D eigenvalue weighted by molar-refractivity contribution is -0.141. The molecule has 5 heteroatoms. The molecular formula is C32H39ClN2O2. The Morgan fingerprint density at radius 1 is 0.865 bits per heavy atom. The number of nitrogens with one attached hydrogen (secondary N) is 1. The number of halogens is 1. The molecule has 0 aliphatic heterocycles. The van der Waals surface area contributed by atoms with Crippen molar-refractivity contribution in [3.05, 3.63) is 106 Å². The third kappa shape index (κ3) is 9.05. The fourth-order valence-corrected chi connectivity index (χ4v) is 4.52. The number of hydrogen-bond donors (Lipinski definition) is 1. The number of carbonyl (C=O) groups excluding carboxylic acids is 2. The summed E-state index contributed by atoms with van der Waals surface area (Å²) in [4.78, 5) is 29.1. The summed E-state index contributed by atoms with van der Waals surface area (Å²) in [5, 5.41) is 3.71. The van der Waals surface area contributed by atoms with Crippen molar-refractivity contribution in [2.75, 3.05) is 0 Å². The molecule has 0 radical (unpaired) electrons. The van der Waals surface area contributed by atoms with Gasteiger partial charge in [-0.1, -0.05) is 92.2 Å². The molecule has 196 valence electrons. The SMILES string of the molecule is CC(C)c1ccc(CCC(=O)N(Cc2cccc(Cl)c2)[C@H](Cc2ccccc2)C(=O)NC(C)(C)C)cc1. The molecule has 1 atom stereocenters. The Bertz CT molecular complexity index is 1170. The topological polar surface area (TPSA) is 49.4 Å². The van der Waals surface area contributed by atoms with Gasteiger partial charge in [-0.15, -0.1) is 0 Å². The minimum atomic E-state index is -0.656. The zero-order valence-electron chi connectivity index (χ0n) is 22.6. The molecule has 0 saturated heterocycles.